The van der Waals surface area contributed by atoms with Gasteiger partial charge in [0.1, 0.15) is 10.8 Å². The van der Waals surface area contributed by atoms with Crippen molar-refractivity contribution in [3.8, 4) is 0 Å². The van der Waals surface area contributed by atoms with Crippen LogP contribution < -0.4 is 0 Å². The van der Waals surface area contributed by atoms with Crippen molar-refractivity contribution in [2.24, 2.45) is 0 Å². The molecule has 2 rings (SSSR count). The van der Waals surface area contributed by atoms with Crippen LogP contribution in [0.3, 0.4) is 0 Å². The Hall–Kier alpha value is -1.39. The van der Waals surface area contributed by atoms with Gasteiger partial charge in [-0.05, 0) is 25.1 Å². The molecule has 0 aliphatic rings. The smallest absolute Gasteiger partial charge is 0.161 e. The van der Waals surface area contributed by atoms with Crippen LogP contribution in [0.4, 0.5) is 4.39 Å². The maximum Gasteiger partial charge on any atom is 0.161 e. The number of pyridine rings is 1. The van der Waals surface area contributed by atoms with E-state index < -0.39 is 5.82 Å². The maximum atomic E-state index is 13.8. The minimum atomic E-state index is -0.450. The monoisotopic (exact) mass is 281 g/mol. The molecule has 92 valence electrons. The van der Waals surface area contributed by atoms with Crippen LogP contribution >= 0.6 is 23.4 Å². The number of benzene rings is 1. The van der Waals surface area contributed by atoms with Crippen LogP contribution in [0.1, 0.15) is 17.3 Å². The van der Waals surface area contributed by atoms with Gasteiger partial charge < -0.3 is 0 Å². The Morgan fingerprint density at radius 3 is 2.78 bits per heavy atom. The topological polar surface area (TPSA) is 30.0 Å². The molecule has 0 N–H and O–H groups in total. The van der Waals surface area contributed by atoms with E-state index in [9.17, 15) is 9.18 Å². The summed E-state index contributed by atoms with van der Waals surface area (Å²) >= 11 is 7.02. The summed E-state index contributed by atoms with van der Waals surface area (Å²) in [6, 6.07) is 7.77. The first kappa shape index (κ1) is 13.1. The van der Waals surface area contributed by atoms with Crippen molar-refractivity contribution in [1.82, 2.24) is 4.98 Å². The standard InChI is InChI=1S/C13H9ClFNOS/c1-8(17)9-4-2-6-11(15)12(9)18-13-10(14)5-3-7-16-13/h2-7H,1H3. The number of halogens is 2. The lowest BCUT2D eigenvalue weighted by Gasteiger charge is -2.08. The Balaban J connectivity index is 2.46. The van der Waals surface area contributed by atoms with Gasteiger partial charge in [0.25, 0.3) is 0 Å². The molecule has 0 amide bonds. The van der Waals surface area contributed by atoms with Crippen LogP contribution in [-0.2, 0) is 0 Å². The van der Waals surface area contributed by atoms with Crippen LogP contribution in [0.25, 0.3) is 0 Å². The number of aromatic nitrogens is 1. The predicted octanol–water partition coefficient (Wildman–Crippen LogP) is 4.23. The van der Waals surface area contributed by atoms with Crippen molar-refractivity contribution >= 4 is 29.1 Å². The zero-order valence-electron chi connectivity index (χ0n) is 9.48. The Kier molecular flexibility index (Phi) is 3.99. The highest BCUT2D eigenvalue weighted by Crippen LogP contribution is 2.35. The Morgan fingerprint density at radius 2 is 2.11 bits per heavy atom. The van der Waals surface area contributed by atoms with Gasteiger partial charge in [0.2, 0.25) is 0 Å². The normalized spacial score (nSPS) is 10.4. The lowest BCUT2D eigenvalue weighted by atomic mass is 10.1. The van der Waals surface area contributed by atoms with Crippen LogP contribution in [-0.4, -0.2) is 10.8 Å². The van der Waals surface area contributed by atoms with Gasteiger partial charge in [0.05, 0.1) is 9.92 Å². The van der Waals surface area contributed by atoms with E-state index in [-0.39, 0.29) is 10.7 Å². The van der Waals surface area contributed by atoms with E-state index in [2.05, 4.69) is 4.98 Å². The van der Waals surface area contributed by atoms with Crippen molar-refractivity contribution in [3.05, 3.63) is 52.9 Å². The second-order valence-electron chi connectivity index (χ2n) is 3.57. The first-order valence-corrected chi connectivity index (χ1v) is 6.37. The fourth-order valence-electron chi connectivity index (χ4n) is 1.43. The summed E-state index contributed by atoms with van der Waals surface area (Å²) in [6.07, 6.45) is 1.57. The Bertz CT molecular complexity index is 603. The van der Waals surface area contributed by atoms with Gasteiger partial charge in [-0.25, -0.2) is 9.37 Å². The number of rotatable bonds is 3. The quantitative estimate of drug-likeness (QED) is 0.789. The lowest BCUT2D eigenvalue weighted by Crippen LogP contribution is -1.98. The fourth-order valence-corrected chi connectivity index (χ4v) is 2.63. The predicted molar refractivity (Wildman–Crippen MR) is 69.8 cm³/mol. The molecule has 0 saturated heterocycles. The Labute approximate surface area is 113 Å². The average Bonchev–Trinajstić information content (AvgIpc) is 2.34. The molecule has 0 fully saturated rings. The third-order valence-corrected chi connectivity index (χ3v) is 3.82. The van der Waals surface area contributed by atoms with Crippen LogP contribution in [0.2, 0.25) is 5.02 Å². The van der Waals surface area contributed by atoms with Gasteiger partial charge in [-0.1, -0.05) is 35.5 Å². The van der Waals surface area contributed by atoms with Gasteiger partial charge in [-0.2, -0.15) is 0 Å². The third-order valence-electron chi connectivity index (χ3n) is 2.27. The second kappa shape index (κ2) is 5.50. The second-order valence-corrected chi connectivity index (χ2v) is 4.97. The molecule has 0 bridgehead atoms. The molecule has 2 aromatic rings. The number of carbonyl (C=O) groups excluding carboxylic acids is 1. The van der Waals surface area contributed by atoms with E-state index in [0.717, 1.165) is 11.8 Å². The molecule has 0 aliphatic heterocycles. The maximum absolute atomic E-state index is 13.8. The van der Waals surface area contributed by atoms with E-state index >= 15 is 0 Å². The van der Waals surface area contributed by atoms with E-state index in [0.29, 0.717) is 15.6 Å². The first-order chi connectivity index (χ1) is 8.59. The number of nitrogens with zero attached hydrogens (tertiary/aromatic N) is 1. The van der Waals surface area contributed by atoms with E-state index in [4.69, 9.17) is 11.6 Å². The number of hydrogen-bond acceptors (Lipinski definition) is 3. The third kappa shape index (κ3) is 2.71. The molecule has 1 heterocycles. The summed E-state index contributed by atoms with van der Waals surface area (Å²) in [5.41, 5.74) is 0.335. The van der Waals surface area contributed by atoms with Crippen LogP contribution in [0.15, 0.2) is 46.5 Å². The van der Waals surface area contributed by atoms with E-state index in [1.54, 1.807) is 24.4 Å². The highest BCUT2D eigenvalue weighted by Gasteiger charge is 2.15. The summed E-state index contributed by atoms with van der Waals surface area (Å²) in [4.78, 5) is 15.8. The molecule has 0 unspecified atom stereocenters. The molecule has 1 aromatic heterocycles. The zero-order chi connectivity index (χ0) is 13.1. The van der Waals surface area contributed by atoms with Crippen molar-refractivity contribution < 1.29 is 9.18 Å². The molecule has 0 aliphatic carbocycles. The van der Waals surface area contributed by atoms with E-state index in [1.165, 1.54) is 19.1 Å². The molecule has 18 heavy (non-hydrogen) atoms. The fraction of sp³-hybridized carbons (Fsp3) is 0.0769. The average molecular weight is 282 g/mol. The molecule has 0 spiro atoms. The minimum absolute atomic E-state index is 0.191. The molecule has 1 aromatic carbocycles. The summed E-state index contributed by atoms with van der Waals surface area (Å²) in [7, 11) is 0. The van der Waals surface area contributed by atoms with E-state index in [1.807, 2.05) is 0 Å². The molecule has 5 heteroatoms. The zero-order valence-corrected chi connectivity index (χ0v) is 11.1. The molecule has 0 atom stereocenters. The molecule has 0 saturated carbocycles. The Morgan fingerprint density at radius 1 is 1.33 bits per heavy atom. The number of ketones is 1. The van der Waals surface area contributed by atoms with Crippen molar-refractivity contribution in [2.75, 3.05) is 0 Å². The van der Waals surface area contributed by atoms with Crippen molar-refractivity contribution in [2.45, 2.75) is 16.8 Å². The van der Waals surface area contributed by atoms with Gasteiger partial charge in [0, 0.05) is 11.8 Å². The van der Waals surface area contributed by atoms with Gasteiger partial charge >= 0.3 is 0 Å². The lowest BCUT2D eigenvalue weighted by molar-refractivity contribution is 0.101. The summed E-state index contributed by atoms with van der Waals surface area (Å²) in [5, 5.41) is 0.909. The van der Waals surface area contributed by atoms with Gasteiger partial charge in [-0.15, -0.1) is 0 Å². The van der Waals surface area contributed by atoms with Gasteiger partial charge in [-0.3, -0.25) is 4.79 Å². The molecular formula is C13H9ClFNOS. The summed E-state index contributed by atoms with van der Waals surface area (Å²) in [6.45, 7) is 1.40. The van der Waals surface area contributed by atoms with Crippen LogP contribution in [0, 0.1) is 5.82 Å². The molecule has 0 radical (unpaired) electrons. The number of carbonyl (C=O) groups is 1. The SMILES string of the molecule is CC(=O)c1cccc(F)c1Sc1ncccc1Cl. The summed E-state index contributed by atoms with van der Waals surface area (Å²) < 4.78 is 13.8. The van der Waals surface area contributed by atoms with Crippen molar-refractivity contribution in [1.29, 1.82) is 0 Å². The largest absolute Gasteiger partial charge is 0.294 e. The van der Waals surface area contributed by atoms with Crippen molar-refractivity contribution in [3.63, 3.8) is 0 Å². The van der Waals surface area contributed by atoms with Crippen LogP contribution in [0.5, 0.6) is 0 Å². The molecule has 2 nitrogen and oxygen atoms in total. The molecular weight excluding hydrogens is 273 g/mol. The highest BCUT2D eigenvalue weighted by atomic mass is 35.5. The summed E-state index contributed by atoms with van der Waals surface area (Å²) in [5.74, 6) is -0.640. The highest BCUT2D eigenvalue weighted by molar-refractivity contribution is 7.99. The number of hydrogen-bond donors (Lipinski definition) is 0. The van der Waals surface area contributed by atoms with Gasteiger partial charge in [0.15, 0.2) is 5.78 Å². The minimum Gasteiger partial charge on any atom is -0.294 e. The number of Topliss-reactive ketones (excluding diaryl/α,β-unsaturated/α-hetero) is 1. The first-order valence-electron chi connectivity index (χ1n) is 5.17.